The highest BCUT2D eigenvalue weighted by Gasteiger charge is 2.34. The number of nitrogens with one attached hydrogen (secondary N) is 2. The Morgan fingerprint density at radius 2 is 1.56 bits per heavy atom. The number of hydrogen-bond donors (Lipinski definition) is 2. The second-order valence-corrected chi connectivity index (χ2v) is 6.91. The van der Waals surface area contributed by atoms with E-state index in [4.69, 9.17) is 9.47 Å². The van der Waals surface area contributed by atoms with Crippen molar-refractivity contribution in [1.82, 2.24) is 15.5 Å². The van der Waals surface area contributed by atoms with Crippen molar-refractivity contribution in [2.75, 3.05) is 27.6 Å². The second kappa shape index (κ2) is 12.3. The molecule has 0 saturated carbocycles. The average Bonchev–Trinajstić information content (AvgIpc) is 2.57. The van der Waals surface area contributed by atoms with Gasteiger partial charge in [0.1, 0.15) is 13.3 Å². The minimum absolute atomic E-state index is 0.0514. The van der Waals surface area contributed by atoms with E-state index in [1.54, 1.807) is 11.0 Å². The van der Waals surface area contributed by atoms with Crippen molar-refractivity contribution in [1.29, 1.82) is 0 Å². The number of nitrogens with zero attached hydrogens (tertiary/aromatic N) is 4. The number of carbonyl (C=O) groups excluding carboxylic acids is 3. The van der Waals surface area contributed by atoms with Crippen LogP contribution in [0.2, 0.25) is 0 Å². The molecule has 0 aromatic heterocycles. The molecule has 0 aliphatic rings. The van der Waals surface area contributed by atoms with E-state index in [-0.39, 0.29) is 13.3 Å². The van der Waals surface area contributed by atoms with Crippen LogP contribution in [0, 0.1) is 0 Å². The van der Waals surface area contributed by atoms with Crippen LogP contribution >= 0.6 is 0 Å². The van der Waals surface area contributed by atoms with E-state index in [9.17, 15) is 14.4 Å². The molecule has 0 amide bonds. The summed E-state index contributed by atoms with van der Waals surface area (Å²) in [5.74, 6) is 0. The van der Waals surface area contributed by atoms with Crippen LogP contribution in [0.4, 0.5) is 0 Å². The van der Waals surface area contributed by atoms with Gasteiger partial charge in [-0.25, -0.2) is 19.3 Å². The fourth-order valence-corrected chi connectivity index (χ4v) is 2.78. The molecule has 11 nitrogen and oxygen atoms in total. The van der Waals surface area contributed by atoms with Crippen LogP contribution < -0.4 is 10.6 Å². The van der Waals surface area contributed by atoms with E-state index in [2.05, 4.69) is 25.6 Å². The van der Waals surface area contributed by atoms with E-state index < -0.39 is 23.8 Å². The summed E-state index contributed by atoms with van der Waals surface area (Å²) in [6.07, 6.45) is 3.41. The van der Waals surface area contributed by atoms with Gasteiger partial charge in [0.15, 0.2) is 12.7 Å². The predicted octanol–water partition coefficient (Wildman–Crippen LogP) is 0.197. The molecule has 2 atom stereocenters. The third-order valence-electron chi connectivity index (χ3n) is 3.49. The van der Waals surface area contributed by atoms with Crippen molar-refractivity contribution in [2.24, 2.45) is 15.0 Å². The van der Waals surface area contributed by atoms with Gasteiger partial charge < -0.3 is 9.47 Å². The Kier molecular flexibility index (Phi) is 11.4. The summed E-state index contributed by atoms with van der Waals surface area (Å²) in [6.45, 7) is 7.30. The van der Waals surface area contributed by atoms with Crippen LogP contribution in [0.3, 0.4) is 0 Å². The Bertz CT molecular complexity index is 592. The molecule has 0 fully saturated rings. The molecule has 0 rings (SSSR count). The van der Waals surface area contributed by atoms with Crippen molar-refractivity contribution >= 4 is 18.2 Å². The van der Waals surface area contributed by atoms with Gasteiger partial charge in [-0.1, -0.05) is 0 Å². The quantitative estimate of drug-likeness (QED) is 0.246. The molecule has 2 N–H and O–H groups in total. The number of methoxy groups -OCH3 is 2. The van der Waals surface area contributed by atoms with Gasteiger partial charge in [-0.3, -0.25) is 10.6 Å². The molecule has 0 saturated heterocycles. The van der Waals surface area contributed by atoms with Gasteiger partial charge in [-0.15, -0.1) is 0 Å². The predicted molar refractivity (Wildman–Crippen MR) is 96.6 cm³/mol. The van der Waals surface area contributed by atoms with Crippen LogP contribution in [0.1, 0.15) is 34.1 Å². The highest BCUT2D eigenvalue weighted by atomic mass is 16.5. The minimum atomic E-state index is -0.784. The molecule has 0 bridgehead atoms. The minimum Gasteiger partial charge on any atom is -0.353 e. The first-order chi connectivity index (χ1) is 12.7. The summed E-state index contributed by atoms with van der Waals surface area (Å²) in [4.78, 5) is 43.8. The number of ether oxygens (including phenoxy) is 2. The maximum Gasteiger partial charge on any atom is 0.236 e. The first kappa shape index (κ1) is 24.9. The lowest BCUT2D eigenvalue weighted by Gasteiger charge is -2.41. The van der Waals surface area contributed by atoms with Crippen LogP contribution in [0.25, 0.3) is 0 Å². The molecule has 0 aliphatic heterocycles. The lowest BCUT2D eigenvalue weighted by Crippen LogP contribution is -2.62. The van der Waals surface area contributed by atoms with Crippen LogP contribution in [-0.4, -0.2) is 74.5 Å². The zero-order valence-electron chi connectivity index (χ0n) is 16.6. The molecule has 2 unspecified atom stereocenters. The molecule has 11 heteroatoms. The topological polar surface area (TPSA) is 134 Å². The Hall–Kier alpha value is -2.06. The van der Waals surface area contributed by atoms with Gasteiger partial charge in [0.2, 0.25) is 18.2 Å². The van der Waals surface area contributed by atoms with E-state index in [0.29, 0.717) is 6.42 Å². The van der Waals surface area contributed by atoms with Crippen LogP contribution in [0.15, 0.2) is 15.0 Å². The first-order valence-electron chi connectivity index (χ1n) is 8.15. The Morgan fingerprint density at radius 3 is 2.04 bits per heavy atom. The van der Waals surface area contributed by atoms with Crippen molar-refractivity contribution in [2.45, 2.75) is 57.9 Å². The highest BCUT2D eigenvalue weighted by Crippen LogP contribution is 2.24. The van der Waals surface area contributed by atoms with Crippen molar-refractivity contribution in [3.63, 3.8) is 0 Å². The van der Waals surface area contributed by atoms with E-state index in [0.717, 1.165) is 0 Å². The molecule has 0 aromatic carbocycles. The molecule has 0 aromatic rings. The van der Waals surface area contributed by atoms with Gasteiger partial charge >= 0.3 is 0 Å². The number of isocyanates is 3. The van der Waals surface area contributed by atoms with Gasteiger partial charge in [-0.2, -0.15) is 15.0 Å². The number of hydrogen-bond acceptors (Lipinski definition) is 11. The van der Waals surface area contributed by atoms with Gasteiger partial charge in [0, 0.05) is 19.8 Å². The summed E-state index contributed by atoms with van der Waals surface area (Å²) in [5, 5.41) is 6.11. The summed E-state index contributed by atoms with van der Waals surface area (Å²) >= 11 is 0. The Labute approximate surface area is 158 Å². The van der Waals surface area contributed by atoms with Crippen LogP contribution in [-0.2, 0) is 23.9 Å². The summed E-state index contributed by atoms with van der Waals surface area (Å²) in [7, 11) is 2.90. The first-order valence-corrected chi connectivity index (χ1v) is 8.15. The summed E-state index contributed by atoms with van der Waals surface area (Å²) < 4.78 is 10.8. The Balaban J connectivity index is 5.46. The van der Waals surface area contributed by atoms with Gasteiger partial charge in [-0.05, 0) is 34.1 Å². The van der Waals surface area contributed by atoms with E-state index >= 15 is 0 Å². The van der Waals surface area contributed by atoms with Gasteiger partial charge in [0.05, 0.1) is 5.54 Å². The zero-order chi connectivity index (χ0) is 20.9. The summed E-state index contributed by atoms with van der Waals surface area (Å²) in [5.41, 5.74) is -1.17. The molecular formula is C16H28N6O5. The third kappa shape index (κ3) is 10.0. The molecular weight excluding hydrogens is 356 g/mol. The second-order valence-electron chi connectivity index (χ2n) is 6.91. The third-order valence-corrected chi connectivity index (χ3v) is 3.49. The van der Waals surface area contributed by atoms with Crippen molar-refractivity contribution in [3.8, 4) is 0 Å². The highest BCUT2D eigenvalue weighted by molar-refractivity contribution is 5.34. The largest absolute Gasteiger partial charge is 0.353 e. The maximum absolute atomic E-state index is 10.6. The Morgan fingerprint density at radius 1 is 0.963 bits per heavy atom. The SMILES string of the molecule is COC(NCN=C=O)N(CN=C=O)C(NC(C)(C)CC(C)(C)N=C=O)OC. The average molecular weight is 384 g/mol. The molecule has 0 aliphatic carbocycles. The van der Waals surface area contributed by atoms with E-state index in [1.165, 1.54) is 26.4 Å². The molecule has 0 heterocycles. The molecule has 0 spiro atoms. The smallest absolute Gasteiger partial charge is 0.236 e. The lowest BCUT2D eigenvalue weighted by molar-refractivity contribution is -0.163. The molecule has 0 radical (unpaired) electrons. The normalized spacial score (nSPS) is 13.9. The van der Waals surface area contributed by atoms with Crippen molar-refractivity contribution in [3.05, 3.63) is 0 Å². The molecule has 152 valence electrons. The maximum atomic E-state index is 10.6. The molecule has 27 heavy (non-hydrogen) atoms. The van der Waals surface area contributed by atoms with E-state index in [1.807, 2.05) is 27.7 Å². The number of aliphatic imine (C=N–C) groups is 3. The summed E-state index contributed by atoms with van der Waals surface area (Å²) in [6, 6.07) is 0. The standard InChI is InChI=1S/C16H28N6O5/c1-15(2,20-12-25)7-16(3,4)21-14(27-6)22(9-18-11-24)13(26-5)19-8-17-10-23/h13-14,19,21H,7-9H2,1-6H3. The van der Waals surface area contributed by atoms with Crippen LogP contribution in [0.5, 0.6) is 0 Å². The van der Waals surface area contributed by atoms with Gasteiger partial charge in [0.25, 0.3) is 0 Å². The fourth-order valence-electron chi connectivity index (χ4n) is 2.78. The fraction of sp³-hybridized carbons (Fsp3) is 0.812. The zero-order valence-corrected chi connectivity index (χ0v) is 16.6. The van der Waals surface area contributed by atoms with Crippen molar-refractivity contribution < 1.29 is 23.9 Å². The monoisotopic (exact) mass is 384 g/mol. The number of rotatable bonds is 14. The lowest BCUT2D eigenvalue weighted by atomic mass is 9.87.